The number of pyridine rings is 1. The Morgan fingerprint density at radius 3 is 2.81 bits per heavy atom. The van der Waals surface area contributed by atoms with Crippen molar-refractivity contribution < 1.29 is 4.74 Å². The Kier molecular flexibility index (Phi) is 3.97. The molecular weight excluding hydrogens is 262 g/mol. The molecule has 2 N–H and O–H groups in total. The van der Waals surface area contributed by atoms with E-state index in [1.54, 1.807) is 0 Å². The van der Waals surface area contributed by atoms with E-state index in [0.29, 0.717) is 5.92 Å². The molecule has 4 nitrogen and oxygen atoms in total. The molecule has 21 heavy (non-hydrogen) atoms. The summed E-state index contributed by atoms with van der Waals surface area (Å²) in [5.41, 5.74) is 9.13. The molecule has 0 unspecified atom stereocenters. The van der Waals surface area contributed by atoms with E-state index in [-0.39, 0.29) is 0 Å². The summed E-state index contributed by atoms with van der Waals surface area (Å²) < 4.78 is 5.45. The lowest BCUT2D eigenvalue weighted by atomic mass is 9.99. The molecule has 1 saturated heterocycles. The molecule has 1 aromatic carbocycles. The second-order valence-corrected chi connectivity index (χ2v) is 5.98. The Bertz CT molecular complexity index is 635. The first-order chi connectivity index (χ1) is 10.1. The van der Waals surface area contributed by atoms with E-state index in [2.05, 4.69) is 29.1 Å². The average molecular weight is 285 g/mol. The van der Waals surface area contributed by atoms with Gasteiger partial charge in [0, 0.05) is 60.8 Å². The molecular formula is C17H23N3O. The van der Waals surface area contributed by atoms with Crippen molar-refractivity contribution in [2.75, 3.05) is 37.4 Å². The van der Waals surface area contributed by atoms with Crippen LogP contribution in [0, 0.1) is 12.8 Å². The maximum atomic E-state index is 6.08. The molecule has 1 fully saturated rings. The number of nitrogens with zero attached hydrogens (tertiary/aromatic N) is 2. The third kappa shape index (κ3) is 2.95. The molecule has 0 saturated carbocycles. The molecule has 0 amide bonds. The fraction of sp³-hybridized carbons (Fsp3) is 0.471. The number of aromatic nitrogens is 1. The summed E-state index contributed by atoms with van der Waals surface area (Å²) in [5.74, 6) is 0.708. The van der Waals surface area contributed by atoms with Crippen LogP contribution in [0.2, 0.25) is 0 Å². The van der Waals surface area contributed by atoms with Crippen molar-refractivity contribution in [2.45, 2.75) is 19.8 Å². The number of fused-ring (bicyclic) bond motifs is 1. The van der Waals surface area contributed by atoms with Crippen LogP contribution in [0.15, 0.2) is 24.4 Å². The Morgan fingerprint density at radius 2 is 2.05 bits per heavy atom. The van der Waals surface area contributed by atoms with E-state index < -0.39 is 0 Å². The van der Waals surface area contributed by atoms with Crippen molar-refractivity contribution in [1.82, 2.24) is 4.98 Å². The number of hydrogen-bond acceptors (Lipinski definition) is 4. The lowest BCUT2D eigenvalue weighted by Crippen LogP contribution is -2.29. The largest absolute Gasteiger partial charge is 0.398 e. The van der Waals surface area contributed by atoms with Gasteiger partial charge in [-0.15, -0.1) is 0 Å². The predicted octanol–water partition coefficient (Wildman–Crippen LogP) is 2.99. The van der Waals surface area contributed by atoms with Crippen LogP contribution in [0.1, 0.15) is 18.5 Å². The molecule has 0 bridgehead atoms. The summed E-state index contributed by atoms with van der Waals surface area (Å²) in [6.45, 7) is 4.86. The molecule has 1 aliphatic rings. The molecule has 4 heteroatoms. The number of hydrogen-bond donors (Lipinski definition) is 1. The summed E-state index contributed by atoms with van der Waals surface area (Å²) in [6, 6.07) is 6.23. The van der Waals surface area contributed by atoms with Gasteiger partial charge in [0.2, 0.25) is 0 Å². The van der Waals surface area contributed by atoms with E-state index in [4.69, 9.17) is 10.5 Å². The van der Waals surface area contributed by atoms with E-state index in [9.17, 15) is 0 Å². The number of benzene rings is 1. The van der Waals surface area contributed by atoms with Gasteiger partial charge in [-0.2, -0.15) is 0 Å². The zero-order valence-electron chi connectivity index (χ0n) is 12.8. The Hall–Kier alpha value is -1.81. The molecule has 1 aromatic heterocycles. The third-order valence-electron chi connectivity index (χ3n) is 4.33. The van der Waals surface area contributed by atoms with Gasteiger partial charge in [-0.1, -0.05) is 0 Å². The summed E-state index contributed by atoms with van der Waals surface area (Å²) in [7, 11) is 2.16. The van der Waals surface area contributed by atoms with Crippen molar-refractivity contribution in [1.29, 1.82) is 0 Å². The maximum absolute atomic E-state index is 6.08. The quantitative estimate of drug-likeness (QED) is 0.881. The highest BCUT2D eigenvalue weighted by Gasteiger charge is 2.17. The van der Waals surface area contributed by atoms with Crippen LogP contribution in [-0.2, 0) is 4.74 Å². The molecule has 0 aliphatic carbocycles. The number of ether oxygens (including phenoxy) is 1. The second kappa shape index (κ2) is 5.90. The Labute approximate surface area is 125 Å². The number of anilines is 2. The maximum Gasteiger partial charge on any atom is 0.0469 e. The van der Waals surface area contributed by atoms with Gasteiger partial charge >= 0.3 is 0 Å². The fourth-order valence-electron chi connectivity index (χ4n) is 3.10. The van der Waals surface area contributed by atoms with Crippen molar-refractivity contribution >= 4 is 22.1 Å². The summed E-state index contributed by atoms with van der Waals surface area (Å²) in [4.78, 5) is 6.71. The van der Waals surface area contributed by atoms with Crippen LogP contribution < -0.4 is 10.6 Å². The zero-order valence-corrected chi connectivity index (χ0v) is 12.8. The van der Waals surface area contributed by atoms with Gasteiger partial charge in [0.05, 0.1) is 0 Å². The van der Waals surface area contributed by atoms with Crippen LogP contribution in [0.25, 0.3) is 10.8 Å². The SMILES string of the molecule is Cc1cc2c(N(C)CC3CCOCC3)ccc(N)c2cn1. The average Bonchev–Trinajstić information content (AvgIpc) is 2.48. The van der Waals surface area contributed by atoms with Gasteiger partial charge in [0.15, 0.2) is 0 Å². The van der Waals surface area contributed by atoms with Gasteiger partial charge < -0.3 is 15.4 Å². The molecule has 112 valence electrons. The summed E-state index contributed by atoms with van der Waals surface area (Å²) >= 11 is 0. The molecule has 2 aromatic rings. The Balaban J connectivity index is 1.91. The lowest BCUT2D eigenvalue weighted by molar-refractivity contribution is 0.0685. The van der Waals surface area contributed by atoms with E-state index in [1.165, 1.54) is 11.1 Å². The van der Waals surface area contributed by atoms with Crippen LogP contribution in [0.4, 0.5) is 11.4 Å². The number of nitrogen functional groups attached to an aromatic ring is 1. The standard InChI is InChI=1S/C17H23N3O/c1-12-9-14-15(10-19-12)16(18)3-4-17(14)20(2)11-13-5-7-21-8-6-13/h3-4,9-10,13H,5-8,11,18H2,1-2H3. The minimum Gasteiger partial charge on any atom is -0.398 e. The highest BCUT2D eigenvalue weighted by Crippen LogP contribution is 2.31. The Morgan fingerprint density at radius 1 is 1.29 bits per heavy atom. The minimum atomic E-state index is 0.708. The van der Waals surface area contributed by atoms with Crippen LogP contribution in [-0.4, -0.2) is 31.8 Å². The van der Waals surface area contributed by atoms with E-state index >= 15 is 0 Å². The first-order valence-electron chi connectivity index (χ1n) is 7.59. The number of aryl methyl sites for hydroxylation is 1. The molecule has 0 spiro atoms. The highest BCUT2D eigenvalue weighted by molar-refractivity contribution is 6.01. The van der Waals surface area contributed by atoms with Crippen molar-refractivity contribution in [3.63, 3.8) is 0 Å². The molecule has 2 heterocycles. The van der Waals surface area contributed by atoms with Gasteiger partial charge in [0.25, 0.3) is 0 Å². The van der Waals surface area contributed by atoms with Crippen LogP contribution >= 0.6 is 0 Å². The van der Waals surface area contributed by atoms with Gasteiger partial charge in [-0.05, 0) is 43.9 Å². The summed E-state index contributed by atoms with van der Waals surface area (Å²) in [5, 5.41) is 2.23. The first kappa shape index (κ1) is 14.1. The molecule has 3 rings (SSSR count). The van der Waals surface area contributed by atoms with Crippen molar-refractivity contribution in [3.05, 3.63) is 30.1 Å². The minimum absolute atomic E-state index is 0.708. The highest BCUT2D eigenvalue weighted by atomic mass is 16.5. The molecule has 0 atom stereocenters. The zero-order chi connectivity index (χ0) is 14.8. The fourth-order valence-corrected chi connectivity index (χ4v) is 3.10. The second-order valence-electron chi connectivity index (χ2n) is 5.98. The normalized spacial score (nSPS) is 16.3. The van der Waals surface area contributed by atoms with Crippen LogP contribution in [0.5, 0.6) is 0 Å². The molecule has 0 radical (unpaired) electrons. The van der Waals surface area contributed by atoms with Gasteiger partial charge in [0.1, 0.15) is 0 Å². The topological polar surface area (TPSA) is 51.4 Å². The van der Waals surface area contributed by atoms with Gasteiger partial charge in [-0.25, -0.2) is 0 Å². The monoisotopic (exact) mass is 285 g/mol. The first-order valence-corrected chi connectivity index (χ1v) is 7.59. The van der Waals surface area contributed by atoms with Gasteiger partial charge in [-0.3, -0.25) is 4.98 Å². The smallest absolute Gasteiger partial charge is 0.0469 e. The van der Waals surface area contributed by atoms with Crippen LogP contribution in [0.3, 0.4) is 0 Å². The molecule has 1 aliphatic heterocycles. The number of nitrogens with two attached hydrogens (primary N) is 1. The lowest BCUT2D eigenvalue weighted by Gasteiger charge is -2.29. The van der Waals surface area contributed by atoms with E-state index in [1.807, 2.05) is 19.2 Å². The van der Waals surface area contributed by atoms with Crippen molar-refractivity contribution in [2.24, 2.45) is 5.92 Å². The number of rotatable bonds is 3. The predicted molar refractivity (Wildman–Crippen MR) is 87.7 cm³/mol. The van der Waals surface area contributed by atoms with Crippen molar-refractivity contribution in [3.8, 4) is 0 Å². The van der Waals surface area contributed by atoms with E-state index in [0.717, 1.165) is 49.4 Å². The third-order valence-corrected chi connectivity index (χ3v) is 4.33. The summed E-state index contributed by atoms with van der Waals surface area (Å²) in [6.07, 6.45) is 4.18.